The van der Waals surface area contributed by atoms with Gasteiger partial charge in [-0.3, -0.25) is 14.4 Å². The SMILES string of the molecule is CCCCCCCCCCCCCCCCC(=O)OC[C@@H](COC(=O)CCCCCCCCC(C)C)OC(=O)CCCCCCCCCCCCCCCCCCC(C)C. The van der Waals surface area contributed by atoms with Gasteiger partial charge >= 0.3 is 17.9 Å². The number of hydrogen-bond acceptors (Lipinski definition) is 6. The van der Waals surface area contributed by atoms with Crippen molar-refractivity contribution in [2.24, 2.45) is 11.8 Å². The Morgan fingerprint density at radius 3 is 0.817 bits per heavy atom. The molecule has 0 rings (SSSR count). The molecule has 6 nitrogen and oxygen atoms in total. The van der Waals surface area contributed by atoms with Gasteiger partial charge in [0, 0.05) is 19.3 Å². The molecule has 60 heavy (non-hydrogen) atoms. The Kier molecular flexibility index (Phi) is 45.7. The van der Waals surface area contributed by atoms with Crippen LogP contribution in [0.1, 0.15) is 298 Å². The Balaban J connectivity index is 4.24. The largest absolute Gasteiger partial charge is 0.462 e. The van der Waals surface area contributed by atoms with Gasteiger partial charge in [-0.15, -0.1) is 0 Å². The van der Waals surface area contributed by atoms with Crippen molar-refractivity contribution >= 4 is 17.9 Å². The van der Waals surface area contributed by atoms with Crippen molar-refractivity contribution in [2.45, 2.75) is 304 Å². The first-order valence-electron chi connectivity index (χ1n) is 26.7. The van der Waals surface area contributed by atoms with Crippen LogP contribution in [0.5, 0.6) is 0 Å². The van der Waals surface area contributed by atoms with E-state index in [-0.39, 0.29) is 31.1 Å². The third kappa shape index (κ3) is 47.5. The van der Waals surface area contributed by atoms with Crippen molar-refractivity contribution in [1.29, 1.82) is 0 Å². The highest BCUT2D eigenvalue weighted by atomic mass is 16.6. The van der Waals surface area contributed by atoms with Crippen molar-refractivity contribution in [2.75, 3.05) is 13.2 Å². The van der Waals surface area contributed by atoms with Crippen LogP contribution >= 0.6 is 0 Å². The van der Waals surface area contributed by atoms with Gasteiger partial charge in [-0.05, 0) is 31.1 Å². The molecule has 0 saturated carbocycles. The molecule has 0 radical (unpaired) electrons. The van der Waals surface area contributed by atoms with Crippen LogP contribution in [0.4, 0.5) is 0 Å². The molecular weight excluding hydrogens is 745 g/mol. The molecule has 0 heterocycles. The topological polar surface area (TPSA) is 78.9 Å². The second kappa shape index (κ2) is 46.9. The van der Waals surface area contributed by atoms with Crippen molar-refractivity contribution in [3.8, 4) is 0 Å². The van der Waals surface area contributed by atoms with E-state index in [1.165, 1.54) is 186 Å². The third-order valence-corrected chi connectivity index (χ3v) is 12.2. The maximum absolute atomic E-state index is 12.8. The number of unbranched alkanes of at least 4 members (excludes halogenated alkanes) is 33. The quantitative estimate of drug-likeness (QED) is 0.0345. The zero-order valence-electron chi connectivity index (χ0n) is 41.1. The van der Waals surface area contributed by atoms with E-state index in [4.69, 9.17) is 14.2 Å². The molecule has 0 aliphatic heterocycles. The summed E-state index contributed by atoms with van der Waals surface area (Å²) in [5.41, 5.74) is 0. The summed E-state index contributed by atoms with van der Waals surface area (Å²) in [4.78, 5) is 37.9. The number of ether oxygens (including phenoxy) is 3. The normalized spacial score (nSPS) is 12.1. The van der Waals surface area contributed by atoms with Gasteiger partial charge in [-0.25, -0.2) is 0 Å². The van der Waals surface area contributed by atoms with E-state index >= 15 is 0 Å². The molecule has 0 bridgehead atoms. The van der Waals surface area contributed by atoms with Crippen molar-refractivity contribution in [1.82, 2.24) is 0 Å². The predicted octanol–water partition coefficient (Wildman–Crippen LogP) is 17.3. The standard InChI is InChI=1S/C54H104O6/c1-6-7-8-9-10-11-12-13-19-22-25-28-34-39-44-52(55)58-47-51(48-59-53(56)45-40-35-31-30-33-38-43-50(4)5)60-54(57)46-41-36-29-26-23-20-17-15-14-16-18-21-24-27-32-37-42-49(2)3/h49-51H,6-48H2,1-5H3/t51-/m0/s1. The molecule has 0 amide bonds. The smallest absolute Gasteiger partial charge is 0.306 e. The second-order valence-corrected chi connectivity index (χ2v) is 19.5. The first-order chi connectivity index (χ1) is 29.2. The molecule has 0 aliphatic carbocycles. The van der Waals surface area contributed by atoms with E-state index < -0.39 is 6.10 Å². The van der Waals surface area contributed by atoms with E-state index in [0.29, 0.717) is 19.3 Å². The molecule has 0 spiro atoms. The minimum atomic E-state index is -0.762. The van der Waals surface area contributed by atoms with Crippen LogP contribution < -0.4 is 0 Å². The lowest BCUT2D eigenvalue weighted by Gasteiger charge is -2.18. The second-order valence-electron chi connectivity index (χ2n) is 19.5. The number of esters is 3. The predicted molar refractivity (Wildman–Crippen MR) is 256 cm³/mol. The van der Waals surface area contributed by atoms with Crippen molar-refractivity contribution in [3.05, 3.63) is 0 Å². The van der Waals surface area contributed by atoms with Crippen LogP contribution in [0, 0.1) is 11.8 Å². The molecular formula is C54H104O6. The van der Waals surface area contributed by atoms with E-state index in [2.05, 4.69) is 34.6 Å². The Labute approximate surface area is 374 Å². The van der Waals surface area contributed by atoms with Gasteiger partial charge in [0.1, 0.15) is 13.2 Å². The van der Waals surface area contributed by atoms with Gasteiger partial charge in [0.2, 0.25) is 0 Å². The Bertz CT molecular complexity index is 916. The lowest BCUT2D eigenvalue weighted by Crippen LogP contribution is -2.30. The van der Waals surface area contributed by atoms with Crippen LogP contribution in [0.2, 0.25) is 0 Å². The van der Waals surface area contributed by atoms with Gasteiger partial charge in [0.25, 0.3) is 0 Å². The van der Waals surface area contributed by atoms with Gasteiger partial charge in [0.15, 0.2) is 6.10 Å². The maximum Gasteiger partial charge on any atom is 0.306 e. The monoisotopic (exact) mass is 849 g/mol. The molecule has 6 heteroatoms. The summed E-state index contributed by atoms with van der Waals surface area (Å²) in [5, 5.41) is 0. The van der Waals surface area contributed by atoms with E-state index in [1.807, 2.05) is 0 Å². The first kappa shape index (κ1) is 58.4. The Hall–Kier alpha value is -1.59. The summed E-state index contributed by atoms with van der Waals surface area (Å²) >= 11 is 0. The molecule has 356 valence electrons. The molecule has 0 aromatic heterocycles. The molecule has 0 unspecified atom stereocenters. The lowest BCUT2D eigenvalue weighted by molar-refractivity contribution is -0.167. The first-order valence-corrected chi connectivity index (χ1v) is 26.7. The van der Waals surface area contributed by atoms with Crippen LogP contribution in [-0.2, 0) is 28.6 Å². The van der Waals surface area contributed by atoms with Crippen molar-refractivity contribution < 1.29 is 28.6 Å². The molecule has 0 saturated heterocycles. The highest BCUT2D eigenvalue weighted by Gasteiger charge is 2.19. The average Bonchev–Trinajstić information content (AvgIpc) is 3.22. The maximum atomic E-state index is 12.8. The van der Waals surface area contributed by atoms with Crippen LogP contribution in [0.3, 0.4) is 0 Å². The van der Waals surface area contributed by atoms with E-state index in [1.54, 1.807) is 0 Å². The fraction of sp³-hybridized carbons (Fsp3) is 0.944. The van der Waals surface area contributed by atoms with Gasteiger partial charge < -0.3 is 14.2 Å². The lowest BCUT2D eigenvalue weighted by atomic mass is 10.0. The zero-order valence-corrected chi connectivity index (χ0v) is 41.1. The Morgan fingerprint density at radius 1 is 0.317 bits per heavy atom. The van der Waals surface area contributed by atoms with Crippen LogP contribution in [0.25, 0.3) is 0 Å². The van der Waals surface area contributed by atoms with Gasteiger partial charge in [0.05, 0.1) is 0 Å². The number of carbonyl (C=O) groups is 3. The fourth-order valence-electron chi connectivity index (χ4n) is 8.17. The molecule has 1 atom stereocenters. The highest BCUT2D eigenvalue weighted by Crippen LogP contribution is 2.18. The van der Waals surface area contributed by atoms with Crippen LogP contribution in [-0.4, -0.2) is 37.2 Å². The average molecular weight is 849 g/mol. The van der Waals surface area contributed by atoms with E-state index in [0.717, 1.165) is 69.6 Å². The van der Waals surface area contributed by atoms with Gasteiger partial charge in [-0.1, -0.05) is 259 Å². The summed E-state index contributed by atoms with van der Waals surface area (Å²) in [6.45, 7) is 11.3. The molecule has 0 fully saturated rings. The minimum absolute atomic E-state index is 0.0641. The summed E-state index contributed by atoms with van der Waals surface area (Å²) in [5.74, 6) is 0.765. The Morgan fingerprint density at radius 2 is 0.550 bits per heavy atom. The summed E-state index contributed by atoms with van der Waals surface area (Å²) < 4.78 is 16.8. The molecule has 0 aliphatic rings. The van der Waals surface area contributed by atoms with E-state index in [9.17, 15) is 14.4 Å². The number of hydrogen-bond donors (Lipinski definition) is 0. The number of rotatable bonds is 48. The summed E-state index contributed by atoms with van der Waals surface area (Å²) in [7, 11) is 0. The summed E-state index contributed by atoms with van der Waals surface area (Å²) in [6.07, 6.45) is 48.2. The minimum Gasteiger partial charge on any atom is -0.462 e. The molecule has 0 N–H and O–H groups in total. The molecule has 0 aromatic carbocycles. The zero-order chi connectivity index (χ0) is 44.0. The van der Waals surface area contributed by atoms with Crippen molar-refractivity contribution in [3.63, 3.8) is 0 Å². The third-order valence-electron chi connectivity index (χ3n) is 12.2. The molecule has 0 aromatic rings. The summed E-state index contributed by atoms with van der Waals surface area (Å²) in [6, 6.07) is 0. The number of carbonyl (C=O) groups excluding carboxylic acids is 3. The van der Waals surface area contributed by atoms with Crippen LogP contribution in [0.15, 0.2) is 0 Å². The fourth-order valence-corrected chi connectivity index (χ4v) is 8.17. The van der Waals surface area contributed by atoms with Gasteiger partial charge in [-0.2, -0.15) is 0 Å². The highest BCUT2D eigenvalue weighted by molar-refractivity contribution is 5.71.